The molecule has 152 valence electrons. The highest BCUT2D eigenvalue weighted by molar-refractivity contribution is 5.67. The quantitative estimate of drug-likeness (QED) is 0.638. The standard InChI is InChI=1S/C22H36N2O3/c1-20(2,3)24(19(25)26)21(4,5)15-16-23-18-12-8-7-11-17(18)22(27)13-9-6-10-14-22/h7-8,11-12,23,27H,6,9-10,13-16H2,1-5H3,(H,25,26). The van der Waals surface area contributed by atoms with Crippen molar-refractivity contribution in [2.45, 2.75) is 89.8 Å². The summed E-state index contributed by atoms with van der Waals surface area (Å²) >= 11 is 0. The summed E-state index contributed by atoms with van der Waals surface area (Å²) < 4.78 is 0. The fraction of sp³-hybridized carbons (Fsp3) is 0.682. The minimum absolute atomic E-state index is 0.468. The van der Waals surface area contributed by atoms with Gasteiger partial charge in [0.2, 0.25) is 0 Å². The molecule has 0 atom stereocenters. The van der Waals surface area contributed by atoms with Crippen LogP contribution in [0.3, 0.4) is 0 Å². The van der Waals surface area contributed by atoms with Crippen LogP contribution < -0.4 is 5.32 Å². The SMILES string of the molecule is CC(C)(C)N(C(=O)O)C(C)(C)CCNc1ccccc1C1(O)CCCCC1. The maximum absolute atomic E-state index is 11.8. The molecule has 0 unspecified atom stereocenters. The zero-order valence-corrected chi connectivity index (χ0v) is 17.5. The Morgan fingerprint density at radius 2 is 1.70 bits per heavy atom. The number of para-hydroxylation sites is 1. The third-order valence-electron chi connectivity index (χ3n) is 5.63. The number of nitrogens with zero attached hydrogens (tertiary/aromatic N) is 1. The van der Waals surface area contributed by atoms with Crippen molar-refractivity contribution < 1.29 is 15.0 Å². The lowest BCUT2D eigenvalue weighted by atomic mass is 9.79. The summed E-state index contributed by atoms with van der Waals surface area (Å²) in [4.78, 5) is 13.3. The van der Waals surface area contributed by atoms with Crippen molar-refractivity contribution in [1.29, 1.82) is 0 Å². The summed E-state index contributed by atoms with van der Waals surface area (Å²) in [5.74, 6) is 0. The van der Waals surface area contributed by atoms with Gasteiger partial charge in [-0.15, -0.1) is 0 Å². The predicted molar refractivity (Wildman–Crippen MR) is 110 cm³/mol. The van der Waals surface area contributed by atoms with Crippen molar-refractivity contribution in [1.82, 2.24) is 4.90 Å². The molecule has 0 aliphatic heterocycles. The molecular formula is C22H36N2O3. The Hall–Kier alpha value is -1.75. The number of carboxylic acid groups (broad SMARTS) is 1. The number of aliphatic hydroxyl groups is 1. The second-order valence-corrected chi connectivity index (χ2v) is 9.42. The maximum atomic E-state index is 11.8. The van der Waals surface area contributed by atoms with Gasteiger partial charge in [0.1, 0.15) is 0 Å². The van der Waals surface area contributed by atoms with Gasteiger partial charge in [0.05, 0.1) is 5.60 Å². The van der Waals surface area contributed by atoms with Crippen molar-refractivity contribution in [3.05, 3.63) is 29.8 Å². The molecule has 1 fully saturated rings. The van der Waals surface area contributed by atoms with Gasteiger partial charge in [-0.1, -0.05) is 37.5 Å². The number of hydrogen-bond acceptors (Lipinski definition) is 3. The molecule has 1 aliphatic rings. The van der Waals surface area contributed by atoms with Crippen LogP contribution in [0.25, 0.3) is 0 Å². The highest BCUT2D eigenvalue weighted by Crippen LogP contribution is 2.40. The van der Waals surface area contributed by atoms with Gasteiger partial charge in [0, 0.05) is 28.9 Å². The number of carbonyl (C=O) groups is 1. The van der Waals surface area contributed by atoms with Gasteiger partial charge < -0.3 is 15.5 Å². The summed E-state index contributed by atoms with van der Waals surface area (Å²) in [5.41, 5.74) is 0.192. The molecule has 0 aromatic heterocycles. The lowest BCUT2D eigenvalue weighted by Gasteiger charge is -2.45. The van der Waals surface area contributed by atoms with Crippen molar-refractivity contribution in [3.8, 4) is 0 Å². The van der Waals surface area contributed by atoms with Gasteiger partial charge >= 0.3 is 6.09 Å². The Kier molecular flexibility index (Phi) is 6.46. The number of anilines is 1. The molecule has 1 aromatic carbocycles. The van der Waals surface area contributed by atoms with Crippen LogP contribution in [0, 0.1) is 0 Å². The molecule has 5 heteroatoms. The van der Waals surface area contributed by atoms with E-state index in [2.05, 4.69) is 5.32 Å². The predicted octanol–water partition coefficient (Wildman–Crippen LogP) is 5.20. The molecule has 3 N–H and O–H groups in total. The fourth-order valence-electron chi connectivity index (χ4n) is 4.52. The largest absolute Gasteiger partial charge is 0.465 e. The molecule has 27 heavy (non-hydrogen) atoms. The first-order valence-electron chi connectivity index (χ1n) is 10.1. The maximum Gasteiger partial charge on any atom is 0.408 e. The first-order chi connectivity index (χ1) is 12.5. The monoisotopic (exact) mass is 376 g/mol. The zero-order valence-electron chi connectivity index (χ0n) is 17.5. The lowest BCUT2D eigenvalue weighted by molar-refractivity contribution is 0.0000109. The molecule has 1 amide bonds. The van der Waals surface area contributed by atoms with E-state index in [9.17, 15) is 15.0 Å². The van der Waals surface area contributed by atoms with Crippen LogP contribution in [-0.2, 0) is 5.60 Å². The smallest absolute Gasteiger partial charge is 0.408 e. The summed E-state index contributed by atoms with van der Waals surface area (Å²) in [6, 6.07) is 7.97. The van der Waals surface area contributed by atoms with E-state index in [-0.39, 0.29) is 0 Å². The van der Waals surface area contributed by atoms with Crippen LogP contribution in [0.1, 0.15) is 78.7 Å². The van der Waals surface area contributed by atoms with Crippen LogP contribution in [0.5, 0.6) is 0 Å². The van der Waals surface area contributed by atoms with Gasteiger partial charge in [0.15, 0.2) is 0 Å². The molecular weight excluding hydrogens is 340 g/mol. The van der Waals surface area contributed by atoms with Gasteiger partial charge in [0.25, 0.3) is 0 Å². The lowest BCUT2D eigenvalue weighted by Crippen LogP contribution is -2.57. The second-order valence-electron chi connectivity index (χ2n) is 9.42. The molecule has 5 nitrogen and oxygen atoms in total. The van der Waals surface area contributed by atoms with E-state index in [0.717, 1.165) is 36.9 Å². The number of hydrogen-bond donors (Lipinski definition) is 3. The van der Waals surface area contributed by atoms with Crippen LogP contribution in [0.15, 0.2) is 24.3 Å². The van der Waals surface area contributed by atoms with Crippen LogP contribution in [0.2, 0.25) is 0 Å². The molecule has 0 radical (unpaired) electrons. The van der Waals surface area contributed by atoms with Crippen molar-refractivity contribution in [3.63, 3.8) is 0 Å². The Morgan fingerprint density at radius 1 is 1.11 bits per heavy atom. The van der Waals surface area contributed by atoms with E-state index in [1.54, 1.807) is 0 Å². The molecule has 0 spiro atoms. The summed E-state index contributed by atoms with van der Waals surface area (Å²) in [6.45, 7) is 10.3. The number of rotatable bonds is 6. The summed E-state index contributed by atoms with van der Waals surface area (Å²) in [7, 11) is 0. The normalized spacial score (nSPS) is 17.4. The Balaban J connectivity index is 2.10. The summed E-state index contributed by atoms with van der Waals surface area (Å²) in [5, 5.41) is 24.3. The molecule has 1 aromatic rings. The van der Waals surface area contributed by atoms with Gasteiger partial charge in [-0.05, 0) is 59.9 Å². The third-order valence-corrected chi connectivity index (χ3v) is 5.63. The average molecular weight is 377 g/mol. The van der Waals surface area contributed by atoms with E-state index in [4.69, 9.17) is 0 Å². The Morgan fingerprint density at radius 3 is 2.26 bits per heavy atom. The van der Waals surface area contributed by atoms with E-state index in [1.165, 1.54) is 11.3 Å². The van der Waals surface area contributed by atoms with Crippen LogP contribution in [0.4, 0.5) is 10.5 Å². The second kappa shape index (κ2) is 8.09. The fourth-order valence-corrected chi connectivity index (χ4v) is 4.52. The van der Waals surface area contributed by atoms with E-state index in [1.807, 2.05) is 58.9 Å². The minimum Gasteiger partial charge on any atom is -0.465 e. The number of benzene rings is 1. The number of nitrogens with one attached hydrogen (secondary N) is 1. The summed E-state index contributed by atoms with van der Waals surface area (Å²) in [6.07, 6.45) is 4.66. The van der Waals surface area contributed by atoms with Crippen molar-refractivity contribution in [2.24, 2.45) is 0 Å². The topological polar surface area (TPSA) is 72.8 Å². The molecule has 0 saturated heterocycles. The van der Waals surface area contributed by atoms with Gasteiger partial charge in [-0.3, -0.25) is 4.90 Å². The van der Waals surface area contributed by atoms with Crippen LogP contribution in [-0.4, -0.2) is 38.8 Å². The van der Waals surface area contributed by atoms with E-state index >= 15 is 0 Å². The average Bonchev–Trinajstić information content (AvgIpc) is 2.53. The van der Waals surface area contributed by atoms with E-state index < -0.39 is 22.8 Å². The van der Waals surface area contributed by atoms with E-state index in [0.29, 0.717) is 13.0 Å². The Labute approximate surface area is 163 Å². The van der Waals surface area contributed by atoms with Gasteiger partial charge in [-0.25, -0.2) is 4.79 Å². The molecule has 0 bridgehead atoms. The number of amides is 1. The van der Waals surface area contributed by atoms with Crippen molar-refractivity contribution in [2.75, 3.05) is 11.9 Å². The Bertz CT molecular complexity index is 643. The van der Waals surface area contributed by atoms with Gasteiger partial charge in [-0.2, -0.15) is 0 Å². The third kappa shape index (κ3) is 5.16. The minimum atomic E-state index is -0.899. The molecule has 1 aliphatic carbocycles. The molecule has 1 saturated carbocycles. The molecule has 2 rings (SSSR count). The highest BCUT2D eigenvalue weighted by atomic mass is 16.4. The van der Waals surface area contributed by atoms with Crippen LogP contribution >= 0.6 is 0 Å². The van der Waals surface area contributed by atoms with Crippen molar-refractivity contribution >= 4 is 11.8 Å². The molecule has 0 heterocycles. The first-order valence-corrected chi connectivity index (χ1v) is 10.1. The zero-order chi connectivity index (χ0) is 20.3. The highest BCUT2D eigenvalue weighted by Gasteiger charge is 2.38. The first kappa shape index (κ1) is 21.5.